The van der Waals surface area contributed by atoms with Gasteiger partial charge in [0.2, 0.25) is 5.13 Å². The zero-order valence-electron chi connectivity index (χ0n) is 13.2. The van der Waals surface area contributed by atoms with Crippen LogP contribution in [0, 0.1) is 0 Å². The Kier molecular flexibility index (Phi) is 5.18. The molecule has 0 fully saturated rings. The molecule has 0 aliphatic carbocycles. The highest BCUT2D eigenvalue weighted by Crippen LogP contribution is 2.22. The number of nitrogens with zero attached hydrogens (tertiary/aromatic N) is 2. The van der Waals surface area contributed by atoms with Gasteiger partial charge in [0.05, 0.1) is 7.11 Å². The molecule has 24 heavy (non-hydrogen) atoms. The Morgan fingerprint density at radius 3 is 2.58 bits per heavy atom. The van der Waals surface area contributed by atoms with Crippen LogP contribution in [-0.4, -0.2) is 23.2 Å². The van der Waals surface area contributed by atoms with E-state index < -0.39 is 0 Å². The van der Waals surface area contributed by atoms with Gasteiger partial charge in [-0.05, 0) is 30.2 Å². The standard InChI is InChI=1S/C18H17N3O2S/c1-23-15-10-6-5-7-13(15)11-12-16-20-21-18(24-16)19-17(22)14-8-3-2-4-9-14/h2-10H,11-12H2,1H3,(H,19,21,22). The van der Waals surface area contributed by atoms with E-state index in [1.165, 1.54) is 11.3 Å². The lowest BCUT2D eigenvalue weighted by Gasteiger charge is -2.06. The lowest BCUT2D eigenvalue weighted by molar-refractivity contribution is 0.102. The molecule has 0 saturated heterocycles. The van der Waals surface area contributed by atoms with Crippen molar-refractivity contribution < 1.29 is 9.53 Å². The molecule has 0 aliphatic heterocycles. The number of aromatic nitrogens is 2. The van der Waals surface area contributed by atoms with Gasteiger partial charge in [-0.25, -0.2) is 0 Å². The Labute approximate surface area is 144 Å². The normalized spacial score (nSPS) is 10.4. The average Bonchev–Trinajstić information content (AvgIpc) is 3.08. The molecule has 0 bridgehead atoms. The highest BCUT2D eigenvalue weighted by atomic mass is 32.1. The first-order valence-corrected chi connectivity index (χ1v) is 8.38. The van der Waals surface area contributed by atoms with Crippen LogP contribution < -0.4 is 10.1 Å². The van der Waals surface area contributed by atoms with Gasteiger partial charge in [0.1, 0.15) is 10.8 Å². The fraction of sp³-hybridized carbons (Fsp3) is 0.167. The number of hydrogen-bond acceptors (Lipinski definition) is 5. The fourth-order valence-electron chi connectivity index (χ4n) is 2.32. The van der Waals surface area contributed by atoms with E-state index in [4.69, 9.17) is 4.74 Å². The molecule has 1 N–H and O–H groups in total. The van der Waals surface area contributed by atoms with Gasteiger partial charge in [0.15, 0.2) is 0 Å². The van der Waals surface area contributed by atoms with E-state index in [1.807, 2.05) is 42.5 Å². The van der Waals surface area contributed by atoms with Crippen molar-refractivity contribution >= 4 is 22.4 Å². The summed E-state index contributed by atoms with van der Waals surface area (Å²) in [5.74, 6) is 0.697. The number of rotatable bonds is 6. The van der Waals surface area contributed by atoms with Gasteiger partial charge in [-0.1, -0.05) is 47.7 Å². The molecule has 0 saturated carbocycles. The second-order valence-corrected chi connectivity index (χ2v) is 6.20. The van der Waals surface area contributed by atoms with Crippen molar-refractivity contribution in [3.63, 3.8) is 0 Å². The molecule has 0 unspecified atom stereocenters. The molecule has 3 rings (SSSR count). The Morgan fingerprint density at radius 2 is 1.79 bits per heavy atom. The predicted octanol–water partition coefficient (Wildman–Crippen LogP) is 3.58. The minimum absolute atomic E-state index is 0.178. The molecule has 122 valence electrons. The van der Waals surface area contributed by atoms with Gasteiger partial charge < -0.3 is 4.74 Å². The molecule has 3 aromatic rings. The van der Waals surface area contributed by atoms with E-state index in [0.717, 1.165) is 29.2 Å². The number of para-hydroxylation sites is 1. The van der Waals surface area contributed by atoms with Gasteiger partial charge in [-0.2, -0.15) is 0 Å². The van der Waals surface area contributed by atoms with E-state index in [9.17, 15) is 4.79 Å². The van der Waals surface area contributed by atoms with E-state index in [-0.39, 0.29) is 5.91 Å². The van der Waals surface area contributed by atoms with Crippen molar-refractivity contribution in [2.24, 2.45) is 0 Å². The highest BCUT2D eigenvalue weighted by molar-refractivity contribution is 7.15. The quantitative estimate of drug-likeness (QED) is 0.745. The molecule has 0 spiro atoms. The first-order valence-electron chi connectivity index (χ1n) is 7.57. The van der Waals surface area contributed by atoms with Gasteiger partial charge in [-0.3, -0.25) is 10.1 Å². The summed E-state index contributed by atoms with van der Waals surface area (Å²) in [6.45, 7) is 0. The summed E-state index contributed by atoms with van der Waals surface area (Å²) < 4.78 is 5.35. The summed E-state index contributed by atoms with van der Waals surface area (Å²) in [6.07, 6.45) is 1.56. The molecular weight excluding hydrogens is 322 g/mol. The summed E-state index contributed by atoms with van der Waals surface area (Å²) in [6, 6.07) is 17.0. The van der Waals surface area contributed by atoms with Gasteiger partial charge in [-0.15, -0.1) is 10.2 Å². The third-order valence-corrected chi connectivity index (χ3v) is 4.42. The second-order valence-electron chi connectivity index (χ2n) is 5.13. The number of aryl methyl sites for hydroxylation is 2. The minimum Gasteiger partial charge on any atom is -0.496 e. The Hall–Kier alpha value is -2.73. The number of nitrogens with one attached hydrogen (secondary N) is 1. The number of methoxy groups -OCH3 is 1. The summed E-state index contributed by atoms with van der Waals surface area (Å²) in [7, 11) is 1.67. The Morgan fingerprint density at radius 1 is 1.04 bits per heavy atom. The Balaban J connectivity index is 1.60. The van der Waals surface area contributed by atoms with Gasteiger partial charge >= 0.3 is 0 Å². The topological polar surface area (TPSA) is 64.1 Å². The van der Waals surface area contributed by atoms with Crippen LogP contribution in [0.5, 0.6) is 5.75 Å². The van der Waals surface area contributed by atoms with Crippen LogP contribution in [0.4, 0.5) is 5.13 Å². The Bertz CT molecular complexity index is 818. The molecule has 0 aliphatic rings. The maximum atomic E-state index is 12.1. The molecule has 1 aromatic heterocycles. The predicted molar refractivity (Wildman–Crippen MR) is 94.7 cm³/mol. The van der Waals surface area contributed by atoms with Crippen LogP contribution in [-0.2, 0) is 12.8 Å². The van der Waals surface area contributed by atoms with E-state index in [2.05, 4.69) is 15.5 Å². The number of anilines is 1. The lowest BCUT2D eigenvalue weighted by Crippen LogP contribution is -2.11. The molecule has 2 aromatic carbocycles. The number of carbonyl (C=O) groups is 1. The molecule has 1 heterocycles. The van der Waals surface area contributed by atoms with Crippen LogP contribution in [0.2, 0.25) is 0 Å². The zero-order chi connectivity index (χ0) is 16.8. The maximum Gasteiger partial charge on any atom is 0.257 e. The van der Waals surface area contributed by atoms with Crippen LogP contribution >= 0.6 is 11.3 Å². The van der Waals surface area contributed by atoms with Crippen molar-refractivity contribution in [1.82, 2.24) is 10.2 Å². The van der Waals surface area contributed by atoms with Crippen molar-refractivity contribution in [3.8, 4) is 5.75 Å². The van der Waals surface area contributed by atoms with E-state index in [1.54, 1.807) is 19.2 Å². The molecule has 5 nitrogen and oxygen atoms in total. The fourth-order valence-corrected chi connectivity index (χ4v) is 3.05. The average molecular weight is 339 g/mol. The van der Waals surface area contributed by atoms with Crippen LogP contribution in [0.3, 0.4) is 0 Å². The summed E-state index contributed by atoms with van der Waals surface area (Å²) in [5, 5.41) is 12.4. The SMILES string of the molecule is COc1ccccc1CCc1nnc(NC(=O)c2ccccc2)s1. The van der Waals surface area contributed by atoms with Crippen LogP contribution in [0.1, 0.15) is 20.9 Å². The zero-order valence-corrected chi connectivity index (χ0v) is 14.0. The summed E-state index contributed by atoms with van der Waals surface area (Å²) in [4.78, 5) is 12.1. The number of amides is 1. The molecule has 0 radical (unpaired) electrons. The van der Waals surface area contributed by atoms with Crippen LogP contribution in [0.15, 0.2) is 54.6 Å². The number of ether oxygens (including phenoxy) is 1. The molecular formula is C18H17N3O2S. The van der Waals surface area contributed by atoms with E-state index >= 15 is 0 Å². The third kappa shape index (κ3) is 3.97. The highest BCUT2D eigenvalue weighted by Gasteiger charge is 2.10. The molecule has 1 amide bonds. The minimum atomic E-state index is -0.178. The van der Waals surface area contributed by atoms with Crippen molar-refractivity contribution in [2.75, 3.05) is 12.4 Å². The summed E-state index contributed by atoms with van der Waals surface area (Å²) >= 11 is 1.39. The van der Waals surface area contributed by atoms with Crippen molar-refractivity contribution in [1.29, 1.82) is 0 Å². The number of benzene rings is 2. The number of carbonyl (C=O) groups excluding carboxylic acids is 1. The van der Waals surface area contributed by atoms with Crippen molar-refractivity contribution in [3.05, 3.63) is 70.7 Å². The number of hydrogen-bond donors (Lipinski definition) is 1. The maximum absolute atomic E-state index is 12.1. The molecule has 0 atom stereocenters. The van der Waals surface area contributed by atoms with Crippen LogP contribution in [0.25, 0.3) is 0 Å². The van der Waals surface area contributed by atoms with Gasteiger partial charge in [0.25, 0.3) is 5.91 Å². The first kappa shape index (κ1) is 16.1. The lowest BCUT2D eigenvalue weighted by atomic mass is 10.1. The largest absolute Gasteiger partial charge is 0.496 e. The third-order valence-electron chi connectivity index (χ3n) is 3.52. The monoisotopic (exact) mass is 339 g/mol. The van der Waals surface area contributed by atoms with Gasteiger partial charge in [0, 0.05) is 12.0 Å². The van der Waals surface area contributed by atoms with E-state index in [0.29, 0.717) is 10.7 Å². The first-order chi connectivity index (χ1) is 11.8. The summed E-state index contributed by atoms with van der Waals surface area (Å²) in [5.41, 5.74) is 1.73. The molecule has 6 heteroatoms. The second kappa shape index (κ2) is 7.70. The smallest absolute Gasteiger partial charge is 0.257 e. The van der Waals surface area contributed by atoms with Crippen molar-refractivity contribution in [2.45, 2.75) is 12.8 Å².